The van der Waals surface area contributed by atoms with Crippen molar-refractivity contribution in [2.24, 2.45) is 0 Å². The first-order valence-electron chi connectivity index (χ1n) is 12.6. The molecule has 0 aliphatic rings. The van der Waals surface area contributed by atoms with Crippen molar-refractivity contribution in [3.8, 4) is 5.75 Å². The van der Waals surface area contributed by atoms with Gasteiger partial charge in [0.15, 0.2) is 0 Å². The number of amides is 1. The molecule has 192 valence electrons. The quantitative estimate of drug-likeness (QED) is 0.236. The maximum Gasteiger partial charge on any atom is 0.410 e. The van der Waals surface area contributed by atoms with Gasteiger partial charge in [0.1, 0.15) is 11.4 Å². The first-order chi connectivity index (χ1) is 16.8. The Labute approximate surface area is 210 Å². The lowest BCUT2D eigenvalue weighted by molar-refractivity contribution is -0.140. The predicted octanol–water partition coefficient (Wildman–Crippen LogP) is 6.21. The molecule has 0 aliphatic carbocycles. The third kappa shape index (κ3) is 12.3. The summed E-state index contributed by atoms with van der Waals surface area (Å²) >= 11 is 0. The van der Waals surface area contributed by atoms with Gasteiger partial charge in [-0.15, -0.1) is 0 Å². The predicted molar refractivity (Wildman–Crippen MR) is 139 cm³/mol. The fourth-order valence-corrected chi connectivity index (χ4v) is 3.62. The number of benzene rings is 2. The van der Waals surface area contributed by atoms with Crippen molar-refractivity contribution in [1.29, 1.82) is 0 Å². The molecule has 0 N–H and O–H groups in total. The van der Waals surface area contributed by atoms with Gasteiger partial charge in [-0.05, 0) is 82.6 Å². The molecule has 0 spiro atoms. The van der Waals surface area contributed by atoms with Crippen LogP contribution in [0.4, 0.5) is 4.79 Å². The summed E-state index contributed by atoms with van der Waals surface area (Å²) in [7, 11) is 1.35. The average molecular weight is 484 g/mol. The number of esters is 1. The molecule has 35 heavy (non-hydrogen) atoms. The maximum absolute atomic E-state index is 12.5. The zero-order valence-electron chi connectivity index (χ0n) is 21.8. The molecular weight excluding hydrogens is 442 g/mol. The molecule has 0 aliphatic heterocycles. The highest BCUT2D eigenvalue weighted by Gasteiger charge is 2.22. The third-order valence-corrected chi connectivity index (χ3v) is 5.50. The summed E-state index contributed by atoms with van der Waals surface area (Å²) < 4.78 is 16.1. The van der Waals surface area contributed by atoms with Crippen LogP contribution in [0, 0.1) is 0 Å². The number of carbonyl (C=O) groups is 2. The Hall–Kier alpha value is -3.02. The largest absolute Gasteiger partial charge is 0.494 e. The highest BCUT2D eigenvalue weighted by molar-refractivity contribution is 5.72. The maximum atomic E-state index is 12.5. The SMILES string of the molecule is COC(=O)CCN(CCCc1ccc(OCCCCCc2ccccc2)cc1)C(=O)OC(C)(C)C. The van der Waals surface area contributed by atoms with E-state index in [9.17, 15) is 9.59 Å². The van der Waals surface area contributed by atoms with Crippen LogP contribution in [-0.4, -0.2) is 49.4 Å². The Morgan fingerprint density at radius 1 is 0.800 bits per heavy atom. The van der Waals surface area contributed by atoms with Gasteiger partial charge >= 0.3 is 12.1 Å². The molecule has 0 unspecified atom stereocenters. The molecule has 0 radical (unpaired) electrons. The van der Waals surface area contributed by atoms with Gasteiger partial charge in [-0.3, -0.25) is 4.79 Å². The monoisotopic (exact) mass is 483 g/mol. The molecule has 0 saturated carbocycles. The second kappa shape index (κ2) is 15.1. The van der Waals surface area contributed by atoms with Crippen LogP contribution >= 0.6 is 0 Å². The second-order valence-electron chi connectivity index (χ2n) is 9.69. The van der Waals surface area contributed by atoms with Crippen molar-refractivity contribution in [3.05, 3.63) is 65.7 Å². The number of hydrogen-bond acceptors (Lipinski definition) is 5. The average Bonchev–Trinajstić information content (AvgIpc) is 2.83. The highest BCUT2D eigenvalue weighted by Crippen LogP contribution is 2.16. The Morgan fingerprint density at radius 2 is 1.46 bits per heavy atom. The van der Waals surface area contributed by atoms with E-state index in [1.165, 1.54) is 24.7 Å². The summed E-state index contributed by atoms with van der Waals surface area (Å²) in [5.41, 5.74) is 1.98. The Balaban J connectivity index is 1.69. The highest BCUT2D eigenvalue weighted by atomic mass is 16.6. The molecule has 0 bridgehead atoms. The van der Waals surface area contributed by atoms with Crippen LogP contribution in [0.5, 0.6) is 5.75 Å². The van der Waals surface area contributed by atoms with E-state index in [0.29, 0.717) is 6.54 Å². The van der Waals surface area contributed by atoms with Crippen LogP contribution < -0.4 is 4.74 Å². The van der Waals surface area contributed by atoms with E-state index in [1.54, 1.807) is 4.90 Å². The lowest BCUT2D eigenvalue weighted by Gasteiger charge is -2.27. The smallest absolute Gasteiger partial charge is 0.410 e. The lowest BCUT2D eigenvalue weighted by atomic mass is 10.1. The van der Waals surface area contributed by atoms with Gasteiger partial charge in [0, 0.05) is 13.1 Å². The number of ether oxygens (including phenoxy) is 3. The van der Waals surface area contributed by atoms with E-state index < -0.39 is 11.7 Å². The minimum absolute atomic E-state index is 0.147. The normalized spacial score (nSPS) is 11.1. The van der Waals surface area contributed by atoms with E-state index in [1.807, 2.05) is 32.9 Å². The molecule has 2 aromatic rings. The van der Waals surface area contributed by atoms with E-state index in [2.05, 4.69) is 42.5 Å². The standard InChI is InChI=1S/C29H41NO5/c1-29(2,3)35-28(32)30(22-20-27(31)33-4)21-11-15-25-16-18-26(19-17-25)34-23-10-6-9-14-24-12-7-5-8-13-24/h5,7-8,12-13,16-19H,6,9-11,14-15,20-23H2,1-4H3. The number of aryl methyl sites for hydroxylation is 2. The number of carbonyl (C=O) groups excluding carboxylic acids is 2. The minimum atomic E-state index is -0.585. The van der Waals surface area contributed by atoms with E-state index in [4.69, 9.17) is 14.2 Å². The first-order valence-corrected chi connectivity index (χ1v) is 12.6. The second-order valence-corrected chi connectivity index (χ2v) is 9.69. The molecule has 0 heterocycles. The van der Waals surface area contributed by atoms with Gasteiger partial charge in [-0.25, -0.2) is 4.79 Å². The number of rotatable bonds is 14. The number of hydrogen-bond donors (Lipinski definition) is 0. The summed E-state index contributed by atoms with van der Waals surface area (Å²) in [6.07, 6.45) is 5.80. The Bertz CT molecular complexity index is 874. The van der Waals surface area contributed by atoms with Crippen LogP contribution in [-0.2, 0) is 27.1 Å². The fraction of sp³-hybridized carbons (Fsp3) is 0.517. The van der Waals surface area contributed by atoms with Crippen molar-refractivity contribution in [1.82, 2.24) is 4.90 Å². The summed E-state index contributed by atoms with van der Waals surface area (Å²) in [5.74, 6) is 0.538. The number of unbranched alkanes of at least 4 members (excludes halogenated alkanes) is 2. The van der Waals surface area contributed by atoms with Gasteiger partial charge in [0.05, 0.1) is 20.1 Å². The van der Waals surface area contributed by atoms with Gasteiger partial charge < -0.3 is 19.1 Å². The van der Waals surface area contributed by atoms with Crippen LogP contribution in [0.25, 0.3) is 0 Å². The molecule has 2 rings (SSSR count). The van der Waals surface area contributed by atoms with Gasteiger partial charge in [-0.1, -0.05) is 42.5 Å². The number of nitrogens with zero attached hydrogens (tertiary/aromatic N) is 1. The van der Waals surface area contributed by atoms with Gasteiger partial charge in [-0.2, -0.15) is 0 Å². The van der Waals surface area contributed by atoms with Crippen molar-refractivity contribution in [2.75, 3.05) is 26.8 Å². The van der Waals surface area contributed by atoms with Crippen molar-refractivity contribution in [3.63, 3.8) is 0 Å². The lowest BCUT2D eigenvalue weighted by Crippen LogP contribution is -2.38. The molecular formula is C29H41NO5. The minimum Gasteiger partial charge on any atom is -0.494 e. The van der Waals surface area contributed by atoms with Crippen molar-refractivity contribution < 1.29 is 23.8 Å². The van der Waals surface area contributed by atoms with Gasteiger partial charge in [0.25, 0.3) is 0 Å². The van der Waals surface area contributed by atoms with Crippen molar-refractivity contribution in [2.45, 2.75) is 71.3 Å². The molecule has 0 aromatic heterocycles. The van der Waals surface area contributed by atoms with Crippen LogP contribution in [0.15, 0.2) is 54.6 Å². The summed E-state index contributed by atoms with van der Waals surface area (Å²) in [6.45, 7) is 7.00. The van der Waals surface area contributed by atoms with E-state index in [0.717, 1.165) is 44.5 Å². The molecule has 1 amide bonds. The molecule has 6 nitrogen and oxygen atoms in total. The molecule has 6 heteroatoms. The van der Waals surface area contributed by atoms with Crippen LogP contribution in [0.2, 0.25) is 0 Å². The van der Waals surface area contributed by atoms with E-state index >= 15 is 0 Å². The topological polar surface area (TPSA) is 65.1 Å². The molecule has 0 fully saturated rings. The Morgan fingerprint density at radius 3 is 2.11 bits per heavy atom. The van der Waals surface area contributed by atoms with Gasteiger partial charge in [0.2, 0.25) is 0 Å². The summed E-state index contributed by atoms with van der Waals surface area (Å²) in [5, 5.41) is 0. The molecule has 2 aromatic carbocycles. The molecule has 0 atom stereocenters. The van der Waals surface area contributed by atoms with E-state index in [-0.39, 0.29) is 18.9 Å². The Kier molecular flexibility index (Phi) is 12.2. The summed E-state index contributed by atoms with van der Waals surface area (Å²) in [6, 6.07) is 18.7. The fourth-order valence-electron chi connectivity index (χ4n) is 3.62. The number of methoxy groups -OCH3 is 1. The van der Waals surface area contributed by atoms with Crippen molar-refractivity contribution >= 4 is 12.1 Å². The first kappa shape index (κ1) is 28.2. The zero-order chi connectivity index (χ0) is 25.5. The van der Waals surface area contributed by atoms with Crippen LogP contribution in [0.3, 0.4) is 0 Å². The third-order valence-electron chi connectivity index (χ3n) is 5.50. The summed E-state index contributed by atoms with van der Waals surface area (Å²) in [4.78, 5) is 25.6. The zero-order valence-corrected chi connectivity index (χ0v) is 21.8. The van der Waals surface area contributed by atoms with Crippen LogP contribution in [0.1, 0.15) is 64.0 Å². The molecule has 0 saturated heterocycles.